The van der Waals surface area contributed by atoms with Crippen LogP contribution in [0.3, 0.4) is 0 Å². The molecule has 0 radical (unpaired) electrons. The van der Waals surface area contributed by atoms with Crippen molar-refractivity contribution in [3.8, 4) is 16.9 Å². The maximum Gasteiger partial charge on any atom is 0.267 e. The molecule has 0 bridgehead atoms. The van der Waals surface area contributed by atoms with Gasteiger partial charge in [-0.2, -0.15) is 5.10 Å². The topological polar surface area (TPSA) is 76.0 Å². The molecule has 0 saturated carbocycles. The van der Waals surface area contributed by atoms with Crippen molar-refractivity contribution in [2.75, 3.05) is 6.54 Å². The normalized spacial score (nSPS) is 11.2. The highest BCUT2D eigenvalue weighted by molar-refractivity contribution is 9.10. The SMILES string of the molecule is O=C(NCCc1ccccc1)C(=Cc1cn(-c2ccccc2)nc1-c1ccc(Br)cc1)NC(=O)c1ccccc1. The van der Waals surface area contributed by atoms with Gasteiger partial charge in [0.05, 0.1) is 5.69 Å². The number of rotatable bonds is 9. The summed E-state index contributed by atoms with van der Waals surface area (Å²) in [5.41, 5.74) is 4.83. The molecule has 0 spiro atoms. The maximum atomic E-state index is 13.4. The Morgan fingerprint density at radius 3 is 2.10 bits per heavy atom. The second kappa shape index (κ2) is 12.9. The molecule has 1 heterocycles. The van der Waals surface area contributed by atoms with E-state index in [2.05, 4.69) is 26.6 Å². The molecular formula is C33H27BrN4O2. The number of hydrogen-bond acceptors (Lipinski definition) is 3. The van der Waals surface area contributed by atoms with Crippen LogP contribution >= 0.6 is 15.9 Å². The summed E-state index contributed by atoms with van der Waals surface area (Å²) < 4.78 is 2.72. The number of carbonyl (C=O) groups excluding carboxylic acids is 2. The van der Waals surface area contributed by atoms with Crippen LogP contribution < -0.4 is 10.6 Å². The molecule has 40 heavy (non-hydrogen) atoms. The summed E-state index contributed by atoms with van der Waals surface area (Å²) in [4.78, 5) is 26.6. The molecule has 0 aliphatic rings. The van der Waals surface area contributed by atoms with E-state index in [9.17, 15) is 9.59 Å². The van der Waals surface area contributed by atoms with Crippen LogP contribution in [0, 0.1) is 0 Å². The van der Waals surface area contributed by atoms with E-state index in [1.54, 1.807) is 35.0 Å². The van der Waals surface area contributed by atoms with Gasteiger partial charge in [0.2, 0.25) is 0 Å². The molecule has 2 N–H and O–H groups in total. The fourth-order valence-electron chi connectivity index (χ4n) is 4.20. The van der Waals surface area contributed by atoms with Crippen LogP contribution in [0.4, 0.5) is 0 Å². The van der Waals surface area contributed by atoms with Gasteiger partial charge in [0.15, 0.2) is 0 Å². The second-order valence-corrected chi connectivity index (χ2v) is 10.0. The van der Waals surface area contributed by atoms with E-state index in [0.29, 0.717) is 29.8 Å². The zero-order valence-corrected chi connectivity index (χ0v) is 23.2. The molecule has 0 saturated heterocycles. The minimum atomic E-state index is -0.380. The average Bonchev–Trinajstić information content (AvgIpc) is 3.42. The summed E-state index contributed by atoms with van der Waals surface area (Å²) in [5, 5.41) is 10.6. The summed E-state index contributed by atoms with van der Waals surface area (Å²) in [6.07, 6.45) is 4.21. The van der Waals surface area contributed by atoms with Crippen molar-refractivity contribution in [2.45, 2.75) is 6.42 Å². The van der Waals surface area contributed by atoms with E-state index < -0.39 is 0 Å². The van der Waals surface area contributed by atoms with Gasteiger partial charge in [0.25, 0.3) is 11.8 Å². The number of carbonyl (C=O) groups is 2. The van der Waals surface area contributed by atoms with Crippen molar-refractivity contribution in [2.24, 2.45) is 0 Å². The number of benzene rings is 4. The quantitative estimate of drug-likeness (QED) is 0.194. The molecule has 5 rings (SSSR count). The van der Waals surface area contributed by atoms with E-state index >= 15 is 0 Å². The smallest absolute Gasteiger partial charge is 0.267 e. The molecule has 0 aliphatic carbocycles. The summed E-state index contributed by atoms with van der Waals surface area (Å²) in [7, 11) is 0. The minimum absolute atomic E-state index is 0.132. The molecule has 4 aromatic carbocycles. The molecule has 2 amide bonds. The van der Waals surface area contributed by atoms with Crippen LogP contribution in [0.2, 0.25) is 0 Å². The lowest BCUT2D eigenvalue weighted by Gasteiger charge is -2.11. The van der Waals surface area contributed by atoms with Crippen molar-refractivity contribution in [3.63, 3.8) is 0 Å². The Morgan fingerprint density at radius 2 is 1.43 bits per heavy atom. The number of hydrogen-bond donors (Lipinski definition) is 2. The summed E-state index contributed by atoms with van der Waals surface area (Å²) in [6.45, 7) is 0.421. The zero-order valence-electron chi connectivity index (χ0n) is 21.6. The first-order valence-corrected chi connectivity index (χ1v) is 13.7. The van der Waals surface area contributed by atoms with Crippen LogP contribution in [-0.2, 0) is 11.2 Å². The van der Waals surface area contributed by atoms with E-state index in [-0.39, 0.29) is 17.5 Å². The predicted molar refractivity (Wildman–Crippen MR) is 162 cm³/mol. The number of amides is 2. The Kier molecular flexibility index (Phi) is 8.63. The Labute approximate surface area is 241 Å². The van der Waals surface area contributed by atoms with Crippen molar-refractivity contribution in [1.82, 2.24) is 20.4 Å². The molecule has 0 atom stereocenters. The Hall–Kier alpha value is -4.75. The van der Waals surface area contributed by atoms with Gasteiger partial charge in [-0.3, -0.25) is 9.59 Å². The van der Waals surface area contributed by atoms with E-state index in [4.69, 9.17) is 5.10 Å². The maximum absolute atomic E-state index is 13.4. The first kappa shape index (κ1) is 26.8. The predicted octanol–water partition coefficient (Wildman–Crippen LogP) is 6.43. The first-order valence-electron chi connectivity index (χ1n) is 12.9. The van der Waals surface area contributed by atoms with Gasteiger partial charge in [-0.25, -0.2) is 4.68 Å². The molecule has 1 aromatic heterocycles. The summed E-state index contributed by atoms with van der Waals surface area (Å²) in [6, 6.07) is 36.3. The molecule has 0 aliphatic heterocycles. The number of para-hydroxylation sites is 1. The van der Waals surface area contributed by atoms with Crippen LogP contribution in [0.1, 0.15) is 21.5 Å². The Morgan fingerprint density at radius 1 is 0.800 bits per heavy atom. The van der Waals surface area contributed by atoms with Gasteiger partial charge >= 0.3 is 0 Å². The highest BCUT2D eigenvalue weighted by atomic mass is 79.9. The Balaban J connectivity index is 1.51. The number of halogens is 1. The number of aromatic nitrogens is 2. The zero-order chi connectivity index (χ0) is 27.7. The van der Waals surface area contributed by atoms with Gasteiger partial charge in [0.1, 0.15) is 11.4 Å². The fraction of sp³-hybridized carbons (Fsp3) is 0.0606. The van der Waals surface area contributed by atoms with Gasteiger partial charge in [-0.15, -0.1) is 0 Å². The third-order valence-electron chi connectivity index (χ3n) is 6.25. The molecular weight excluding hydrogens is 564 g/mol. The van der Waals surface area contributed by atoms with Gasteiger partial charge in [-0.1, -0.05) is 94.8 Å². The van der Waals surface area contributed by atoms with Crippen LogP contribution in [0.25, 0.3) is 23.0 Å². The fourth-order valence-corrected chi connectivity index (χ4v) is 4.46. The lowest BCUT2D eigenvalue weighted by Crippen LogP contribution is -2.35. The molecule has 0 fully saturated rings. The average molecular weight is 592 g/mol. The number of nitrogens with one attached hydrogen (secondary N) is 2. The molecule has 0 unspecified atom stereocenters. The van der Waals surface area contributed by atoms with Gasteiger partial charge < -0.3 is 10.6 Å². The lowest BCUT2D eigenvalue weighted by molar-refractivity contribution is -0.117. The summed E-state index contributed by atoms with van der Waals surface area (Å²) >= 11 is 3.49. The largest absolute Gasteiger partial charge is 0.350 e. The molecule has 5 aromatic rings. The van der Waals surface area contributed by atoms with Crippen molar-refractivity contribution in [3.05, 3.63) is 148 Å². The van der Waals surface area contributed by atoms with E-state index in [0.717, 1.165) is 21.3 Å². The third-order valence-corrected chi connectivity index (χ3v) is 6.78. The van der Waals surface area contributed by atoms with Gasteiger partial charge in [-0.05, 0) is 54.5 Å². The standard InChI is InChI=1S/C33H27BrN4O2/c34-28-18-16-25(17-19-28)31-27(23-38(37-31)29-14-8-3-9-15-29)22-30(36-32(39)26-12-6-2-7-13-26)33(40)35-21-20-24-10-4-1-5-11-24/h1-19,22-23H,20-21H2,(H,35,40)(H,36,39). The van der Waals surface area contributed by atoms with Crippen LogP contribution in [0.5, 0.6) is 0 Å². The number of nitrogens with zero attached hydrogens (tertiary/aromatic N) is 2. The molecule has 198 valence electrons. The van der Waals surface area contributed by atoms with Crippen LogP contribution in [-0.4, -0.2) is 28.1 Å². The van der Waals surface area contributed by atoms with E-state index in [1.165, 1.54) is 0 Å². The molecule has 7 heteroatoms. The minimum Gasteiger partial charge on any atom is -0.350 e. The Bertz CT molecular complexity index is 1610. The monoisotopic (exact) mass is 590 g/mol. The van der Waals surface area contributed by atoms with E-state index in [1.807, 2.05) is 97.2 Å². The lowest BCUT2D eigenvalue weighted by atomic mass is 10.1. The first-order chi connectivity index (χ1) is 19.6. The van der Waals surface area contributed by atoms with Gasteiger partial charge in [0, 0.05) is 33.9 Å². The highest BCUT2D eigenvalue weighted by Gasteiger charge is 2.18. The van der Waals surface area contributed by atoms with Crippen LogP contribution in [0.15, 0.2) is 132 Å². The third kappa shape index (κ3) is 6.81. The van der Waals surface area contributed by atoms with Crippen molar-refractivity contribution >= 4 is 33.8 Å². The second-order valence-electron chi connectivity index (χ2n) is 9.09. The molecule has 6 nitrogen and oxygen atoms in total. The van der Waals surface area contributed by atoms with Crippen molar-refractivity contribution < 1.29 is 9.59 Å². The highest BCUT2D eigenvalue weighted by Crippen LogP contribution is 2.27. The summed E-state index contributed by atoms with van der Waals surface area (Å²) in [5.74, 6) is -0.750. The van der Waals surface area contributed by atoms with Crippen molar-refractivity contribution in [1.29, 1.82) is 0 Å².